The molecule has 4 heterocycles. The molecule has 7 nitrogen and oxygen atoms in total. The number of likely N-dealkylation sites (tertiary alicyclic amines) is 1. The van der Waals surface area contributed by atoms with Crippen molar-refractivity contribution < 1.29 is 19.5 Å². The molecule has 6 rings (SSSR count). The second-order valence-corrected chi connectivity index (χ2v) is 13.9. The third-order valence-corrected chi connectivity index (χ3v) is 11.2. The zero-order chi connectivity index (χ0) is 29.6. The Morgan fingerprint density at radius 2 is 1.57 bits per heavy atom. The van der Waals surface area contributed by atoms with E-state index in [-0.39, 0.29) is 24.3 Å². The summed E-state index contributed by atoms with van der Waals surface area (Å²) < 4.78 is -1.52. The number of para-hydroxylation sites is 1. The van der Waals surface area contributed by atoms with Crippen LogP contribution in [0.4, 0.5) is 5.69 Å². The minimum Gasteiger partial charge on any atom is -0.396 e. The van der Waals surface area contributed by atoms with Gasteiger partial charge in [0, 0.05) is 43.2 Å². The molecule has 0 radical (unpaired) electrons. The number of fused-ring (bicyclic) bond motifs is 2. The molecule has 1 unspecified atom stereocenters. The Labute approximate surface area is 252 Å². The number of rotatable bonds is 7. The molecule has 1 N–H and O–H groups in total. The van der Waals surface area contributed by atoms with Gasteiger partial charge in [0.2, 0.25) is 11.8 Å². The van der Waals surface area contributed by atoms with E-state index in [4.69, 9.17) is 0 Å². The summed E-state index contributed by atoms with van der Waals surface area (Å²) in [6.45, 7) is 7.82. The first-order valence-electron chi connectivity index (χ1n) is 14.9. The van der Waals surface area contributed by atoms with E-state index in [0.717, 1.165) is 22.4 Å². The van der Waals surface area contributed by atoms with Crippen LogP contribution >= 0.6 is 11.8 Å². The van der Waals surface area contributed by atoms with Gasteiger partial charge >= 0.3 is 0 Å². The molecule has 0 aromatic heterocycles. The number of aliphatic hydroxyl groups is 1. The molecule has 2 aromatic rings. The summed E-state index contributed by atoms with van der Waals surface area (Å²) >= 11 is 1.61. The minimum absolute atomic E-state index is 0.0246. The monoisotopic (exact) mass is 585 g/mol. The third kappa shape index (κ3) is 4.51. The fraction of sp³-hybridized carbons (Fsp3) is 0.441. The number of aryl methyl sites for hydroxylation is 2. The van der Waals surface area contributed by atoms with Crippen LogP contribution in [0, 0.1) is 25.7 Å². The highest BCUT2D eigenvalue weighted by atomic mass is 32.2. The first-order chi connectivity index (χ1) is 20.2. The van der Waals surface area contributed by atoms with Gasteiger partial charge in [0.15, 0.2) is 0 Å². The molecule has 4 aliphatic rings. The molecule has 5 atom stereocenters. The number of amides is 3. The summed E-state index contributed by atoms with van der Waals surface area (Å²) in [5.41, 5.74) is 3.93. The van der Waals surface area contributed by atoms with Crippen molar-refractivity contribution in [1.82, 2.24) is 9.80 Å². The SMILES string of the molecule is Cc1cccc(C)c1N1CC=C[C@]23S[C@@]4(C)C=CCN(Cc5ccccc5)C(=O)[C@H]4[C@H]2C(=O)N(CCCCO)C3C1=O. The molecule has 1 spiro atoms. The fourth-order valence-corrected chi connectivity index (χ4v) is 9.74. The highest BCUT2D eigenvalue weighted by Crippen LogP contribution is 2.65. The van der Waals surface area contributed by atoms with Crippen molar-refractivity contribution in [2.24, 2.45) is 11.8 Å². The molecular formula is C34H39N3O4S. The summed E-state index contributed by atoms with van der Waals surface area (Å²) in [6.07, 6.45) is 9.38. The Hall–Kier alpha value is -3.36. The topological polar surface area (TPSA) is 81.2 Å². The smallest absolute Gasteiger partial charge is 0.251 e. The van der Waals surface area contributed by atoms with Gasteiger partial charge in [-0.25, -0.2) is 0 Å². The van der Waals surface area contributed by atoms with Gasteiger partial charge in [0.1, 0.15) is 6.04 Å². The van der Waals surface area contributed by atoms with E-state index in [1.165, 1.54) is 0 Å². The molecule has 0 bridgehead atoms. The van der Waals surface area contributed by atoms with E-state index >= 15 is 0 Å². The maximum atomic E-state index is 14.7. The molecule has 2 fully saturated rings. The van der Waals surface area contributed by atoms with Gasteiger partial charge in [-0.15, -0.1) is 11.8 Å². The van der Waals surface area contributed by atoms with E-state index in [0.29, 0.717) is 39.0 Å². The molecule has 42 heavy (non-hydrogen) atoms. The Kier molecular flexibility index (Phi) is 7.56. The van der Waals surface area contributed by atoms with Gasteiger partial charge in [0.25, 0.3) is 5.91 Å². The van der Waals surface area contributed by atoms with Gasteiger partial charge in [0.05, 0.1) is 16.6 Å². The van der Waals surface area contributed by atoms with Crippen molar-refractivity contribution in [1.29, 1.82) is 0 Å². The number of benzene rings is 2. The van der Waals surface area contributed by atoms with Crippen molar-refractivity contribution in [2.45, 2.75) is 55.7 Å². The molecule has 8 heteroatoms. The number of anilines is 1. The Balaban J connectivity index is 1.44. The van der Waals surface area contributed by atoms with Crippen molar-refractivity contribution >= 4 is 35.2 Å². The summed E-state index contributed by atoms with van der Waals surface area (Å²) in [4.78, 5) is 49.1. The molecule has 220 valence electrons. The Morgan fingerprint density at radius 3 is 2.29 bits per heavy atom. The molecule has 2 saturated heterocycles. The maximum absolute atomic E-state index is 14.7. The van der Waals surface area contributed by atoms with Gasteiger partial charge in [-0.2, -0.15) is 0 Å². The van der Waals surface area contributed by atoms with Crippen molar-refractivity contribution in [3.05, 3.63) is 89.5 Å². The number of carbonyl (C=O) groups is 3. The van der Waals surface area contributed by atoms with Crippen LogP contribution in [0.15, 0.2) is 72.8 Å². The molecule has 4 aliphatic heterocycles. The number of hydrogen-bond acceptors (Lipinski definition) is 5. The quantitative estimate of drug-likeness (QED) is 0.388. The maximum Gasteiger partial charge on any atom is 0.251 e. The lowest BCUT2D eigenvalue weighted by molar-refractivity contribution is -0.144. The third-order valence-electron chi connectivity index (χ3n) is 9.37. The molecule has 3 amide bonds. The lowest BCUT2D eigenvalue weighted by Crippen LogP contribution is -2.53. The predicted octanol–water partition coefficient (Wildman–Crippen LogP) is 4.26. The minimum atomic E-state index is -0.881. The van der Waals surface area contributed by atoms with Crippen LogP contribution in [0.25, 0.3) is 0 Å². The lowest BCUT2D eigenvalue weighted by atomic mass is 9.74. The van der Waals surface area contributed by atoms with Crippen LogP contribution in [0.2, 0.25) is 0 Å². The standard InChI is InChI=1S/C34H39N3O4S/c1-23-12-9-13-24(2)28(23)36-20-11-17-34-27(31(40)37(19-7-8-21-38)29(34)32(36)41)26-30(39)35(18-10-16-33(26,3)42-34)22-25-14-5-4-6-15-25/h4-6,9-17,26-27,29,38H,7-8,18-22H2,1-3H3/t26-,27+,29?,33+,34+/m1/s1. The van der Waals surface area contributed by atoms with Crippen molar-refractivity contribution in [3.8, 4) is 0 Å². The van der Waals surface area contributed by atoms with E-state index in [1.807, 2.05) is 78.3 Å². The Bertz CT molecular complexity index is 1440. The fourth-order valence-electron chi connectivity index (χ4n) is 7.58. The number of aliphatic hydroxyl groups excluding tert-OH is 1. The van der Waals surface area contributed by atoms with E-state index in [1.54, 1.807) is 16.7 Å². The van der Waals surface area contributed by atoms with Crippen LogP contribution < -0.4 is 4.90 Å². The summed E-state index contributed by atoms with van der Waals surface area (Å²) in [5.74, 6) is -1.56. The average molecular weight is 586 g/mol. The summed E-state index contributed by atoms with van der Waals surface area (Å²) in [5, 5.41) is 9.50. The summed E-state index contributed by atoms with van der Waals surface area (Å²) in [6, 6.07) is 15.2. The second-order valence-electron chi connectivity index (χ2n) is 12.2. The van der Waals surface area contributed by atoms with Crippen LogP contribution in [0.1, 0.15) is 36.5 Å². The lowest BCUT2D eigenvalue weighted by Gasteiger charge is -2.37. The number of nitrogens with zero attached hydrogens (tertiary/aromatic N) is 3. The molecule has 2 aromatic carbocycles. The van der Waals surface area contributed by atoms with Crippen LogP contribution in [0.5, 0.6) is 0 Å². The Morgan fingerprint density at radius 1 is 0.857 bits per heavy atom. The number of hydrogen-bond donors (Lipinski definition) is 1. The van der Waals surface area contributed by atoms with Gasteiger partial charge in [-0.3, -0.25) is 14.4 Å². The number of carbonyl (C=O) groups excluding carboxylic acids is 3. The van der Waals surface area contributed by atoms with Gasteiger partial charge in [-0.05, 0) is 50.3 Å². The van der Waals surface area contributed by atoms with Crippen LogP contribution in [-0.4, -0.2) is 74.4 Å². The molecule has 0 saturated carbocycles. The number of unbranched alkanes of at least 4 members (excludes halogenated alkanes) is 1. The van der Waals surface area contributed by atoms with E-state index in [9.17, 15) is 19.5 Å². The first kappa shape index (κ1) is 28.7. The van der Waals surface area contributed by atoms with E-state index < -0.39 is 27.4 Å². The summed E-state index contributed by atoms with van der Waals surface area (Å²) in [7, 11) is 0. The number of thioether (sulfide) groups is 1. The highest BCUT2D eigenvalue weighted by Gasteiger charge is 2.73. The first-order valence-corrected chi connectivity index (χ1v) is 15.7. The van der Waals surface area contributed by atoms with Crippen molar-refractivity contribution in [3.63, 3.8) is 0 Å². The van der Waals surface area contributed by atoms with Gasteiger partial charge < -0.3 is 19.8 Å². The highest BCUT2D eigenvalue weighted by molar-refractivity contribution is 8.02. The molecule has 0 aliphatic carbocycles. The predicted molar refractivity (Wildman–Crippen MR) is 166 cm³/mol. The largest absolute Gasteiger partial charge is 0.396 e. The normalized spacial score (nSPS) is 30.3. The average Bonchev–Trinajstić information content (AvgIpc) is 3.23. The van der Waals surface area contributed by atoms with Crippen molar-refractivity contribution in [2.75, 3.05) is 31.1 Å². The van der Waals surface area contributed by atoms with Crippen LogP contribution in [-0.2, 0) is 20.9 Å². The second kappa shape index (κ2) is 11.0. The molecular weight excluding hydrogens is 546 g/mol. The zero-order valence-electron chi connectivity index (χ0n) is 24.5. The van der Waals surface area contributed by atoms with Gasteiger partial charge in [-0.1, -0.05) is 72.8 Å². The van der Waals surface area contributed by atoms with E-state index in [2.05, 4.69) is 25.2 Å². The van der Waals surface area contributed by atoms with Crippen LogP contribution in [0.3, 0.4) is 0 Å². The zero-order valence-corrected chi connectivity index (χ0v) is 25.3.